The molecule has 0 spiro atoms. The first kappa shape index (κ1) is 20.4. The van der Waals surface area contributed by atoms with Gasteiger partial charge in [0.25, 0.3) is 5.91 Å². The first-order valence-electron chi connectivity index (χ1n) is 8.67. The number of ether oxygens (including phenoxy) is 1. The van der Waals surface area contributed by atoms with E-state index in [2.05, 4.69) is 16.0 Å². The van der Waals surface area contributed by atoms with E-state index in [1.807, 2.05) is 37.3 Å². The molecule has 2 rings (SSSR count). The molecule has 0 radical (unpaired) electrons. The molecule has 0 saturated carbocycles. The number of nitrogens with one attached hydrogen (secondary N) is 3. The average Bonchev–Trinajstić information content (AvgIpc) is 2.67. The molecule has 0 aliphatic heterocycles. The maximum Gasteiger partial charge on any atom is 0.261 e. The SMILES string of the molecule is CCOc1ccccc1C(=O)NC(=S)Nc1ccc(CCC(=O)NC)cc1. The Morgan fingerprint density at radius 1 is 1.07 bits per heavy atom. The summed E-state index contributed by atoms with van der Waals surface area (Å²) in [5.74, 6) is 0.188. The van der Waals surface area contributed by atoms with Crippen LogP contribution in [0.1, 0.15) is 29.3 Å². The van der Waals surface area contributed by atoms with E-state index in [1.165, 1.54) is 0 Å². The van der Waals surface area contributed by atoms with E-state index < -0.39 is 0 Å². The number of thiocarbonyl (C=S) groups is 1. The number of amides is 2. The van der Waals surface area contributed by atoms with Crippen molar-refractivity contribution in [1.82, 2.24) is 10.6 Å². The number of aryl methyl sites for hydroxylation is 1. The summed E-state index contributed by atoms with van der Waals surface area (Å²) >= 11 is 5.22. The summed E-state index contributed by atoms with van der Waals surface area (Å²) < 4.78 is 5.47. The number of carbonyl (C=O) groups is 2. The summed E-state index contributed by atoms with van der Waals surface area (Å²) in [5, 5.41) is 8.43. The van der Waals surface area contributed by atoms with Crippen LogP contribution in [-0.4, -0.2) is 30.6 Å². The second kappa shape index (κ2) is 10.3. The van der Waals surface area contributed by atoms with Gasteiger partial charge in [-0.3, -0.25) is 14.9 Å². The highest BCUT2D eigenvalue weighted by atomic mass is 32.1. The van der Waals surface area contributed by atoms with Crippen molar-refractivity contribution in [2.45, 2.75) is 19.8 Å². The van der Waals surface area contributed by atoms with Crippen LogP contribution in [0.5, 0.6) is 5.75 Å². The van der Waals surface area contributed by atoms with Gasteiger partial charge in [-0.2, -0.15) is 0 Å². The summed E-state index contributed by atoms with van der Waals surface area (Å²) in [6, 6.07) is 14.5. The van der Waals surface area contributed by atoms with Gasteiger partial charge >= 0.3 is 0 Å². The van der Waals surface area contributed by atoms with Gasteiger partial charge in [-0.05, 0) is 55.4 Å². The van der Waals surface area contributed by atoms with Crippen molar-refractivity contribution in [1.29, 1.82) is 0 Å². The lowest BCUT2D eigenvalue weighted by Crippen LogP contribution is -2.34. The number of carbonyl (C=O) groups excluding carboxylic acids is 2. The van der Waals surface area contributed by atoms with Gasteiger partial charge in [-0.1, -0.05) is 24.3 Å². The Kier molecular flexibility index (Phi) is 7.76. The molecular weight excluding hydrogens is 362 g/mol. The van der Waals surface area contributed by atoms with Crippen LogP contribution in [0.25, 0.3) is 0 Å². The minimum absolute atomic E-state index is 0.00780. The molecule has 0 aliphatic carbocycles. The van der Waals surface area contributed by atoms with Gasteiger partial charge in [0.2, 0.25) is 5.91 Å². The molecule has 7 heteroatoms. The quantitative estimate of drug-likeness (QED) is 0.639. The minimum Gasteiger partial charge on any atom is -0.493 e. The summed E-state index contributed by atoms with van der Waals surface area (Å²) in [4.78, 5) is 23.7. The van der Waals surface area contributed by atoms with Crippen molar-refractivity contribution < 1.29 is 14.3 Å². The third-order valence-corrected chi connectivity index (χ3v) is 3.99. The average molecular weight is 385 g/mol. The Labute approximate surface area is 164 Å². The molecular formula is C20H23N3O3S. The largest absolute Gasteiger partial charge is 0.493 e. The number of para-hydroxylation sites is 1. The van der Waals surface area contributed by atoms with Crippen LogP contribution in [0, 0.1) is 0 Å². The fraction of sp³-hybridized carbons (Fsp3) is 0.250. The van der Waals surface area contributed by atoms with E-state index in [1.54, 1.807) is 25.2 Å². The van der Waals surface area contributed by atoms with Crippen molar-refractivity contribution in [2.24, 2.45) is 0 Å². The van der Waals surface area contributed by atoms with E-state index in [0.717, 1.165) is 11.3 Å². The van der Waals surface area contributed by atoms with Crippen LogP contribution >= 0.6 is 12.2 Å². The Morgan fingerprint density at radius 2 is 1.78 bits per heavy atom. The lowest BCUT2D eigenvalue weighted by atomic mass is 10.1. The Balaban J connectivity index is 1.92. The predicted molar refractivity (Wildman–Crippen MR) is 110 cm³/mol. The molecule has 0 atom stereocenters. The normalized spacial score (nSPS) is 10.0. The number of hydrogen-bond acceptors (Lipinski definition) is 4. The lowest BCUT2D eigenvalue weighted by Gasteiger charge is -2.12. The first-order chi connectivity index (χ1) is 13.0. The van der Waals surface area contributed by atoms with E-state index in [4.69, 9.17) is 17.0 Å². The van der Waals surface area contributed by atoms with Gasteiger partial charge in [0.05, 0.1) is 12.2 Å². The van der Waals surface area contributed by atoms with Crippen molar-refractivity contribution in [3.05, 3.63) is 59.7 Å². The van der Waals surface area contributed by atoms with Gasteiger partial charge in [-0.25, -0.2) is 0 Å². The van der Waals surface area contributed by atoms with Gasteiger partial charge in [-0.15, -0.1) is 0 Å². The van der Waals surface area contributed by atoms with E-state index in [0.29, 0.717) is 30.8 Å². The Hall–Kier alpha value is -2.93. The molecule has 27 heavy (non-hydrogen) atoms. The molecule has 0 aliphatic rings. The highest BCUT2D eigenvalue weighted by Crippen LogP contribution is 2.18. The van der Waals surface area contributed by atoms with Crippen LogP contribution in [0.4, 0.5) is 5.69 Å². The lowest BCUT2D eigenvalue weighted by molar-refractivity contribution is -0.120. The van der Waals surface area contributed by atoms with Crippen molar-refractivity contribution in [3.63, 3.8) is 0 Å². The van der Waals surface area contributed by atoms with E-state index in [-0.39, 0.29) is 16.9 Å². The molecule has 0 unspecified atom stereocenters. The number of benzene rings is 2. The van der Waals surface area contributed by atoms with E-state index in [9.17, 15) is 9.59 Å². The zero-order valence-corrected chi connectivity index (χ0v) is 16.2. The Morgan fingerprint density at radius 3 is 2.44 bits per heavy atom. The zero-order valence-electron chi connectivity index (χ0n) is 15.4. The van der Waals surface area contributed by atoms with Crippen LogP contribution < -0.4 is 20.7 Å². The molecule has 142 valence electrons. The molecule has 0 aromatic heterocycles. The van der Waals surface area contributed by atoms with Crippen molar-refractivity contribution in [3.8, 4) is 5.75 Å². The molecule has 0 saturated heterocycles. The third kappa shape index (κ3) is 6.38. The molecule has 3 N–H and O–H groups in total. The molecule has 2 amide bonds. The molecule has 6 nitrogen and oxygen atoms in total. The van der Waals surface area contributed by atoms with Crippen molar-refractivity contribution in [2.75, 3.05) is 19.0 Å². The number of hydrogen-bond donors (Lipinski definition) is 3. The number of rotatable bonds is 7. The highest BCUT2D eigenvalue weighted by molar-refractivity contribution is 7.80. The monoisotopic (exact) mass is 385 g/mol. The van der Waals surface area contributed by atoms with Gasteiger partial charge in [0, 0.05) is 19.2 Å². The summed E-state index contributed by atoms with van der Waals surface area (Å²) in [6.07, 6.45) is 1.10. The molecule has 0 heterocycles. The van der Waals surface area contributed by atoms with Gasteiger partial charge < -0.3 is 15.4 Å². The highest BCUT2D eigenvalue weighted by Gasteiger charge is 2.13. The second-order valence-electron chi connectivity index (χ2n) is 5.71. The fourth-order valence-electron chi connectivity index (χ4n) is 2.41. The summed E-state index contributed by atoms with van der Waals surface area (Å²) in [6.45, 7) is 2.33. The summed E-state index contributed by atoms with van der Waals surface area (Å²) in [7, 11) is 1.62. The Bertz CT molecular complexity index is 806. The molecule has 0 fully saturated rings. The van der Waals surface area contributed by atoms with Gasteiger partial charge in [0.15, 0.2) is 5.11 Å². The third-order valence-electron chi connectivity index (χ3n) is 3.79. The molecule has 0 bridgehead atoms. The van der Waals surface area contributed by atoms with Crippen LogP contribution in [0.15, 0.2) is 48.5 Å². The second-order valence-corrected chi connectivity index (χ2v) is 6.12. The summed E-state index contributed by atoms with van der Waals surface area (Å²) in [5.41, 5.74) is 2.22. The number of anilines is 1. The maximum atomic E-state index is 12.4. The molecule has 2 aromatic rings. The maximum absolute atomic E-state index is 12.4. The van der Waals surface area contributed by atoms with Gasteiger partial charge in [0.1, 0.15) is 5.75 Å². The van der Waals surface area contributed by atoms with Crippen LogP contribution in [0.2, 0.25) is 0 Å². The predicted octanol–water partition coefficient (Wildman–Crippen LogP) is 2.89. The minimum atomic E-state index is -0.334. The smallest absolute Gasteiger partial charge is 0.261 e. The first-order valence-corrected chi connectivity index (χ1v) is 9.08. The fourth-order valence-corrected chi connectivity index (χ4v) is 2.62. The molecule has 2 aromatic carbocycles. The van der Waals surface area contributed by atoms with E-state index >= 15 is 0 Å². The standard InChI is InChI=1S/C20H23N3O3S/c1-3-26-17-7-5-4-6-16(17)19(25)23-20(27)22-15-11-8-14(9-12-15)10-13-18(24)21-2/h4-9,11-12H,3,10,13H2,1-2H3,(H,21,24)(H2,22,23,25,27). The van der Waals surface area contributed by atoms with Crippen molar-refractivity contribution >= 4 is 34.8 Å². The van der Waals surface area contributed by atoms with Crippen LogP contribution in [-0.2, 0) is 11.2 Å². The zero-order chi connectivity index (χ0) is 19.6. The topological polar surface area (TPSA) is 79.5 Å². The van der Waals surface area contributed by atoms with Crippen LogP contribution in [0.3, 0.4) is 0 Å².